The first-order chi connectivity index (χ1) is 16.0. The van der Waals surface area contributed by atoms with Crippen molar-refractivity contribution in [3.8, 4) is 5.75 Å². The smallest absolute Gasteiger partial charge is 0.414 e. The highest BCUT2D eigenvalue weighted by atomic mass is 32.2. The zero-order valence-corrected chi connectivity index (χ0v) is 19.2. The lowest BCUT2D eigenvalue weighted by Crippen LogP contribution is -2.48. The molecule has 34 heavy (non-hydrogen) atoms. The number of ether oxygens (including phenoxy) is 1. The second kappa shape index (κ2) is 12.1. The van der Waals surface area contributed by atoms with Gasteiger partial charge in [0.05, 0.1) is 16.4 Å². The normalized spacial score (nSPS) is 14.5. The van der Waals surface area contributed by atoms with Crippen LogP contribution in [0.1, 0.15) is 12.5 Å². The summed E-state index contributed by atoms with van der Waals surface area (Å²) in [5.74, 6) is -2.81. The third kappa shape index (κ3) is 7.50. The molecule has 0 radical (unpaired) electrons. The lowest BCUT2D eigenvalue weighted by atomic mass is 10.2. The first-order valence-corrected chi connectivity index (χ1v) is 11.6. The summed E-state index contributed by atoms with van der Waals surface area (Å²) in [7, 11) is -3.65. The minimum absolute atomic E-state index is 0.0815. The number of carboxylic acid groups (broad SMARTS) is 2. The topological polar surface area (TPSA) is 168 Å². The number of hydrogen-bond donors (Lipinski definition) is 2. The highest BCUT2D eigenvalue weighted by Gasteiger charge is 2.28. The van der Waals surface area contributed by atoms with Gasteiger partial charge in [-0.2, -0.15) is 4.31 Å². The summed E-state index contributed by atoms with van der Waals surface area (Å²) in [6.45, 7) is 5.34. The summed E-state index contributed by atoms with van der Waals surface area (Å²) in [5, 5.41) is 25.5. The number of piperazine rings is 1. The van der Waals surface area contributed by atoms with E-state index in [0.717, 1.165) is 17.9 Å². The number of carboxylic acids is 2. The Bertz CT molecular complexity index is 1080. The van der Waals surface area contributed by atoms with Gasteiger partial charge in [0.25, 0.3) is 5.69 Å². The molecular weight excluding hydrogens is 470 g/mol. The predicted molar refractivity (Wildman–Crippen MR) is 120 cm³/mol. The quantitative estimate of drug-likeness (QED) is 0.327. The van der Waals surface area contributed by atoms with Gasteiger partial charge in [-0.1, -0.05) is 12.1 Å². The number of nitrogens with zero attached hydrogens (tertiary/aromatic N) is 3. The molecule has 0 aliphatic carbocycles. The van der Waals surface area contributed by atoms with Crippen LogP contribution in [0.5, 0.6) is 5.75 Å². The van der Waals surface area contributed by atoms with Gasteiger partial charge in [-0.05, 0) is 36.8 Å². The van der Waals surface area contributed by atoms with E-state index >= 15 is 0 Å². The predicted octanol–water partition coefficient (Wildman–Crippen LogP) is 1.66. The Morgan fingerprint density at radius 2 is 1.50 bits per heavy atom. The SMILES string of the molecule is CCOc1ccc(CN2CCN(S(=O)(=O)c3ccc([N+](=O)[O-])cc3)CC2)cc1.O=C(O)C(=O)O. The van der Waals surface area contributed by atoms with Crippen LogP contribution in [0.25, 0.3) is 0 Å². The third-order valence-corrected chi connectivity index (χ3v) is 6.75. The van der Waals surface area contributed by atoms with Crippen molar-refractivity contribution in [3.63, 3.8) is 0 Å². The van der Waals surface area contributed by atoms with Gasteiger partial charge in [0.2, 0.25) is 10.0 Å². The number of rotatable bonds is 7. The van der Waals surface area contributed by atoms with E-state index in [1.54, 1.807) is 0 Å². The lowest BCUT2D eigenvalue weighted by molar-refractivity contribution is -0.384. The molecule has 2 aromatic carbocycles. The molecule has 1 fully saturated rings. The molecule has 0 bridgehead atoms. The molecule has 1 aliphatic heterocycles. The van der Waals surface area contributed by atoms with E-state index in [9.17, 15) is 18.5 Å². The lowest BCUT2D eigenvalue weighted by Gasteiger charge is -2.34. The Kier molecular flexibility index (Phi) is 9.47. The minimum Gasteiger partial charge on any atom is -0.494 e. The molecule has 2 N–H and O–H groups in total. The highest BCUT2D eigenvalue weighted by molar-refractivity contribution is 7.89. The van der Waals surface area contributed by atoms with Gasteiger partial charge in [-0.15, -0.1) is 0 Å². The van der Waals surface area contributed by atoms with Crippen molar-refractivity contribution in [2.75, 3.05) is 32.8 Å². The minimum atomic E-state index is -3.65. The number of aliphatic carboxylic acids is 2. The fourth-order valence-corrected chi connectivity index (χ4v) is 4.56. The van der Waals surface area contributed by atoms with Gasteiger partial charge in [-0.25, -0.2) is 18.0 Å². The van der Waals surface area contributed by atoms with Crippen molar-refractivity contribution in [1.82, 2.24) is 9.21 Å². The fraction of sp³-hybridized carbons (Fsp3) is 0.333. The Balaban J connectivity index is 0.000000604. The maximum absolute atomic E-state index is 12.8. The van der Waals surface area contributed by atoms with Crippen LogP contribution in [0.3, 0.4) is 0 Å². The Morgan fingerprint density at radius 3 is 1.94 bits per heavy atom. The molecule has 2 aromatic rings. The average molecular weight is 496 g/mol. The van der Waals surface area contributed by atoms with Crippen molar-refractivity contribution < 1.29 is 37.9 Å². The van der Waals surface area contributed by atoms with Crippen LogP contribution in [0.15, 0.2) is 53.4 Å². The summed E-state index contributed by atoms with van der Waals surface area (Å²) in [5.41, 5.74) is 1.02. The number of non-ortho nitro benzene ring substituents is 1. The largest absolute Gasteiger partial charge is 0.494 e. The molecular formula is C21H25N3O9S. The zero-order chi connectivity index (χ0) is 25.3. The van der Waals surface area contributed by atoms with Crippen LogP contribution in [0.4, 0.5) is 5.69 Å². The number of hydrogen-bond acceptors (Lipinski definition) is 8. The fourth-order valence-electron chi connectivity index (χ4n) is 3.13. The van der Waals surface area contributed by atoms with Crippen molar-refractivity contribution in [2.24, 2.45) is 0 Å². The van der Waals surface area contributed by atoms with E-state index < -0.39 is 26.9 Å². The Hall–Kier alpha value is -3.55. The van der Waals surface area contributed by atoms with Crippen LogP contribution >= 0.6 is 0 Å². The van der Waals surface area contributed by atoms with Gasteiger partial charge < -0.3 is 14.9 Å². The molecule has 0 unspecified atom stereocenters. The monoisotopic (exact) mass is 495 g/mol. The summed E-state index contributed by atoms with van der Waals surface area (Å²) < 4.78 is 32.4. The Morgan fingerprint density at radius 1 is 0.971 bits per heavy atom. The number of nitro groups is 1. The summed E-state index contributed by atoms with van der Waals surface area (Å²) in [6.07, 6.45) is 0. The second-order valence-corrected chi connectivity index (χ2v) is 9.06. The molecule has 0 spiro atoms. The molecule has 1 heterocycles. The van der Waals surface area contributed by atoms with Crippen molar-refractivity contribution in [1.29, 1.82) is 0 Å². The van der Waals surface area contributed by atoms with E-state index in [4.69, 9.17) is 24.5 Å². The molecule has 1 saturated heterocycles. The van der Waals surface area contributed by atoms with Crippen LogP contribution < -0.4 is 4.74 Å². The maximum atomic E-state index is 12.8. The molecule has 184 valence electrons. The molecule has 0 amide bonds. The van der Waals surface area contributed by atoms with Crippen molar-refractivity contribution in [3.05, 3.63) is 64.2 Å². The van der Waals surface area contributed by atoms with E-state index in [1.807, 2.05) is 31.2 Å². The van der Waals surface area contributed by atoms with E-state index in [1.165, 1.54) is 28.6 Å². The number of benzene rings is 2. The molecule has 0 aromatic heterocycles. The van der Waals surface area contributed by atoms with Crippen LogP contribution in [-0.2, 0) is 26.2 Å². The van der Waals surface area contributed by atoms with Gasteiger partial charge in [0.15, 0.2) is 0 Å². The Labute approximate surface area is 196 Å². The standard InChI is InChI=1S/C19H23N3O5S.C2H2O4/c1-2-27-18-7-3-16(4-8-18)15-20-11-13-21(14-12-20)28(25,26)19-9-5-17(6-10-19)22(23)24;3-1(4)2(5)6/h3-10H,2,11-15H2,1H3;(H,3,4)(H,5,6). The second-order valence-electron chi connectivity index (χ2n) is 7.12. The zero-order valence-electron chi connectivity index (χ0n) is 18.4. The van der Waals surface area contributed by atoms with Gasteiger partial charge in [0.1, 0.15) is 5.75 Å². The summed E-state index contributed by atoms with van der Waals surface area (Å²) >= 11 is 0. The summed E-state index contributed by atoms with van der Waals surface area (Å²) in [6, 6.07) is 12.9. The van der Waals surface area contributed by atoms with Crippen LogP contribution in [-0.4, -0.2) is 77.5 Å². The molecule has 13 heteroatoms. The first kappa shape index (κ1) is 26.7. The maximum Gasteiger partial charge on any atom is 0.414 e. The number of carbonyl (C=O) groups is 2. The molecule has 12 nitrogen and oxygen atoms in total. The highest BCUT2D eigenvalue weighted by Crippen LogP contribution is 2.21. The van der Waals surface area contributed by atoms with E-state index in [-0.39, 0.29) is 10.6 Å². The van der Waals surface area contributed by atoms with Gasteiger partial charge in [-0.3, -0.25) is 15.0 Å². The van der Waals surface area contributed by atoms with Gasteiger partial charge >= 0.3 is 11.9 Å². The molecule has 3 rings (SSSR count). The molecule has 1 aliphatic rings. The number of nitro benzene ring substituents is 1. The molecule has 0 atom stereocenters. The van der Waals surface area contributed by atoms with Crippen molar-refractivity contribution in [2.45, 2.75) is 18.4 Å². The van der Waals surface area contributed by atoms with E-state index in [0.29, 0.717) is 32.8 Å². The van der Waals surface area contributed by atoms with Gasteiger partial charge in [0, 0.05) is 44.9 Å². The van der Waals surface area contributed by atoms with Crippen LogP contribution in [0.2, 0.25) is 0 Å². The van der Waals surface area contributed by atoms with Crippen LogP contribution in [0, 0.1) is 10.1 Å². The van der Waals surface area contributed by atoms with E-state index in [2.05, 4.69) is 4.90 Å². The molecule has 0 saturated carbocycles. The first-order valence-electron chi connectivity index (χ1n) is 10.2. The average Bonchev–Trinajstić information content (AvgIpc) is 2.81. The summed E-state index contributed by atoms with van der Waals surface area (Å²) in [4.78, 5) is 30.7. The third-order valence-electron chi connectivity index (χ3n) is 4.84. The number of sulfonamides is 1. The van der Waals surface area contributed by atoms with Crippen molar-refractivity contribution >= 4 is 27.6 Å².